The van der Waals surface area contributed by atoms with Gasteiger partial charge in [-0.2, -0.15) is 0 Å². The molecule has 25 heavy (non-hydrogen) atoms. The van der Waals surface area contributed by atoms with Crippen LogP contribution >= 0.6 is 0 Å². The fourth-order valence-corrected chi connectivity index (χ4v) is 18.4. The molecule has 0 aliphatic rings. The second-order valence-corrected chi connectivity index (χ2v) is 20.3. The van der Waals surface area contributed by atoms with Crippen LogP contribution in [0.3, 0.4) is 0 Å². The molecule has 2 unspecified atom stereocenters. The molecule has 140 valence electrons. The second kappa shape index (κ2) is 13.0. The molecule has 0 saturated carbocycles. The zero-order valence-electron chi connectivity index (χ0n) is 15.8. The summed E-state index contributed by atoms with van der Waals surface area (Å²) in [6, 6.07) is 4.18. The fraction of sp³-hybridized carbons (Fsp3) is 0.778. The Morgan fingerprint density at radius 1 is 0.880 bits per heavy atom. The summed E-state index contributed by atoms with van der Waals surface area (Å²) in [6.45, 7) is 6.82. The van der Waals surface area contributed by atoms with Gasteiger partial charge in [-0.15, -0.1) is 0 Å². The van der Waals surface area contributed by atoms with Gasteiger partial charge in [-0.1, -0.05) is 0 Å². The molecule has 0 aliphatic carbocycles. The van der Waals surface area contributed by atoms with E-state index in [-0.39, 0.29) is 0 Å². The third-order valence-corrected chi connectivity index (χ3v) is 19.4. The van der Waals surface area contributed by atoms with Gasteiger partial charge in [-0.05, 0) is 0 Å². The first-order valence-electron chi connectivity index (χ1n) is 8.96. The molecule has 0 aliphatic heterocycles. The number of rotatable bonds is 12. The van der Waals surface area contributed by atoms with Crippen molar-refractivity contribution in [3.05, 3.63) is 0 Å². The number of nitrogens with zero attached hydrogens (tertiary/aromatic N) is 2. The van der Waals surface area contributed by atoms with Crippen LogP contribution in [0, 0.1) is 22.7 Å². The Hall–Kier alpha value is -1.28. The summed E-state index contributed by atoms with van der Waals surface area (Å²) in [5.41, 5.74) is 0. The molecular weight excluding hydrogens is 427 g/mol. The number of hydrogen-bond acceptors (Lipinski definition) is 6. The van der Waals surface area contributed by atoms with Crippen molar-refractivity contribution in [1.29, 1.82) is 10.5 Å². The molecule has 0 aromatic rings. The van der Waals surface area contributed by atoms with Gasteiger partial charge in [0.2, 0.25) is 0 Å². The van der Waals surface area contributed by atoms with E-state index in [1.807, 2.05) is 0 Å². The standard InChI is InChI=1S/2C5H6NO2.2C4H9.Sn/c2*1-4(3-6)8-5(2)7;2*1-3-4-2;/h2*4H,1H2,2H3;2*1,3-4H2,2H3;. The minimum absolute atomic E-state index is 0.463. The van der Waals surface area contributed by atoms with E-state index in [1.54, 1.807) is 0 Å². The molecule has 0 fully saturated rings. The van der Waals surface area contributed by atoms with Gasteiger partial charge in [0, 0.05) is 0 Å². The number of carbonyl (C=O) groups is 2. The number of unbranched alkanes of at least 4 members (excludes halogenated alkanes) is 2. The van der Waals surface area contributed by atoms with Crippen LogP contribution in [0.1, 0.15) is 53.4 Å². The second-order valence-electron chi connectivity index (χ2n) is 6.57. The third-order valence-electron chi connectivity index (χ3n) is 4.26. The average Bonchev–Trinajstić information content (AvgIpc) is 2.56. The topological polar surface area (TPSA) is 100 Å². The molecule has 0 aromatic carbocycles. The summed E-state index contributed by atoms with van der Waals surface area (Å²) in [7, 11) is 0. The maximum absolute atomic E-state index is 11.3. The Morgan fingerprint density at radius 3 is 1.48 bits per heavy atom. The number of esters is 2. The molecule has 0 spiro atoms. The maximum atomic E-state index is 11.3. The zero-order valence-corrected chi connectivity index (χ0v) is 18.7. The molecule has 0 N–H and O–H groups in total. The minimum atomic E-state index is -3.04. The van der Waals surface area contributed by atoms with Crippen molar-refractivity contribution in [3.63, 3.8) is 0 Å². The molecule has 0 saturated heterocycles. The zero-order chi connectivity index (χ0) is 19.3. The Kier molecular flexibility index (Phi) is 12.3. The summed E-state index contributed by atoms with van der Waals surface area (Å²) in [5, 5.41) is 18.8. The monoisotopic (exact) mass is 458 g/mol. The van der Waals surface area contributed by atoms with Crippen molar-refractivity contribution < 1.29 is 19.1 Å². The van der Waals surface area contributed by atoms with Gasteiger partial charge in [0.1, 0.15) is 0 Å². The SMILES string of the molecule is CCC[CH2][Sn]([CH2]CCC)([CH2]C(C#N)OC(C)=O)[CH2]C(C#N)OC(C)=O. The van der Waals surface area contributed by atoms with E-state index in [1.165, 1.54) is 13.8 Å². The van der Waals surface area contributed by atoms with Crippen molar-refractivity contribution in [1.82, 2.24) is 0 Å². The van der Waals surface area contributed by atoms with Crippen LogP contribution in [-0.4, -0.2) is 42.5 Å². The van der Waals surface area contributed by atoms with Crippen molar-refractivity contribution in [2.45, 2.75) is 83.3 Å². The van der Waals surface area contributed by atoms with Gasteiger partial charge >= 0.3 is 155 Å². The predicted octanol–water partition coefficient (Wildman–Crippen LogP) is 3.95. The normalized spacial score (nSPS) is 13.2. The van der Waals surface area contributed by atoms with E-state index in [0.717, 1.165) is 34.6 Å². The summed E-state index contributed by atoms with van der Waals surface area (Å²) >= 11 is -3.04. The van der Waals surface area contributed by atoms with Crippen LogP contribution < -0.4 is 0 Å². The third kappa shape index (κ3) is 10.3. The molecule has 0 rings (SSSR count). The van der Waals surface area contributed by atoms with E-state index in [2.05, 4.69) is 26.0 Å². The van der Waals surface area contributed by atoms with Crippen LogP contribution in [-0.2, 0) is 19.1 Å². The Balaban J connectivity index is 5.51. The first-order chi connectivity index (χ1) is 11.8. The summed E-state index contributed by atoms with van der Waals surface area (Å²) < 4.78 is 13.5. The van der Waals surface area contributed by atoms with Crippen molar-refractivity contribution in [3.8, 4) is 12.1 Å². The van der Waals surface area contributed by atoms with Gasteiger partial charge in [0.25, 0.3) is 0 Å². The molecule has 0 bridgehead atoms. The molecular formula is C18H30N2O4Sn. The van der Waals surface area contributed by atoms with Crippen LogP contribution in [0.25, 0.3) is 0 Å². The van der Waals surface area contributed by atoms with Crippen LogP contribution in [0.5, 0.6) is 0 Å². The van der Waals surface area contributed by atoms with Gasteiger partial charge in [-0.3, -0.25) is 0 Å². The first-order valence-corrected chi connectivity index (χ1v) is 17.0. The van der Waals surface area contributed by atoms with Crippen LogP contribution in [0.2, 0.25) is 17.7 Å². The number of hydrogen-bond donors (Lipinski definition) is 0. The Bertz CT molecular complexity index is 464. The van der Waals surface area contributed by atoms with E-state index in [0.29, 0.717) is 8.87 Å². The average molecular weight is 457 g/mol. The molecule has 0 aromatic heterocycles. The Labute approximate surface area is 155 Å². The molecule has 7 heteroatoms. The molecule has 0 amide bonds. The summed E-state index contributed by atoms with van der Waals surface area (Å²) in [5.74, 6) is -0.927. The molecule has 2 atom stereocenters. The van der Waals surface area contributed by atoms with Gasteiger partial charge < -0.3 is 0 Å². The molecule has 0 heterocycles. The van der Waals surface area contributed by atoms with Gasteiger partial charge in [0.15, 0.2) is 0 Å². The summed E-state index contributed by atoms with van der Waals surface area (Å²) in [6.07, 6.45) is 2.57. The van der Waals surface area contributed by atoms with E-state index in [9.17, 15) is 20.1 Å². The Morgan fingerprint density at radius 2 is 1.24 bits per heavy atom. The molecule has 6 nitrogen and oxygen atoms in total. The van der Waals surface area contributed by atoms with Crippen molar-refractivity contribution in [2.75, 3.05) is 0 Å². The van der Waals surface area contributed by atoms with Gasteiger partial charge in [-0.25, -0.2) is 0 Å². The molecule has 0 radical (unpaired) electrons. The summed E-state index contributed by atoms with van der Waals surface area (Å²) in [4.78, 5) is 22.6. The predicted molar refractivity (Wildman–Crippen MR) is 97.1 cm³/mol. The van der Waals surface area contributed by atoms with Crippen molar-refractivity contribution in [2.24, 2.45) is 0 Å². The number of nitriles is 2. The van der Waals surface area contributed by atoms with E-state index in [4.69, 9.17) is 9.47 Å². The van der Waals surface area contributed by atoms with E-state index >= 15 is 0 Å². The first kappa shape index (κ1) is 23.7. The number of carbonyl (C=O) groups excluding carboxylic acids is 2. The fourth-order valence-electron chi connectivity index (χ4n) is 3.13. The van der Waals surface area contributed by atoms with Crippen molar-refractivity contribution >= 4 is 30.3 Å². The van der Waals surface area contributed by atoms with Crippen LogP contribution in [0.4, 0.5) is 0 Å². The van der Waals surface area contributed by atoms with Crippen LogP contribution in [0.15, 0.2) is 0 Å². The quantitative estimate of drug-likeness (QED) is 0.325. The van der Waals surface area contributed by atoms with Gasteiger partial charge in [0.05, 0.1) is 0 Å². The number of ether oxygens (including phenoxy) is 2. The van der Waals surface area contributed by atoms with E-state index < -0.39 is 42.5 Å².